The summed E-state index contributed by atoms with van der Waals surface area (Å²) in [7, 11) is -1.11. The van der Waals surface area contributed by atoms with Gasteiger partial charge in [-0.25, -0.2) is 0 Å². The molecule has 1 atom stereocenters. The molecule has 5 nitrogen and oxygen atoms in total. The summed E-state index contributed by atoms with van der Waals surface area (Å²) in [4.78, 5) is 16.7. The van der Waals surface area contributed by atoms with Gasteiger partial charge in [-0.3, -0.25) is 13.9 Å². The molecule has 2 aromatic rings. The van der Waals surface area contributed by atoms with Crippen LogP contribution in [0.5, 0.6) is 0 Å². The lowest BCUT2D eigenvalue weighted by Crippen LogP contribution is -2.58. The van der Waals surface area contributed by atoms with Gasteiger partial charge in [-0.1, -0.05) is 35.9 Å². The first-order valence-electron chi connectivity index (χ1n) is 11.7. The number of rotatable bonds is 3. The summed E-state index contributed by atoms with van der Waals surface area (Å²) in [5, 5.41) is 0. The lowest BCUT2D eigenvalue weighted by atomic mass is 9.89. The van der Waals surface area contributed by atoms with Crippen molar-refractivity contribution in [1.29, 1.82) is 0 Å². The Morgan fingerprint density at radius 2 is 1.71 bits per heavy atom. The number of piperidine rings is 1. The Hall–Kier alpha value is -2.23. The minimum absolute atomic E-state index is 0.108. The molecule has 2 aliphatic rings. The lowest BCUT2D eigenvalue weighted by Gasteiger charge is -2.47. The first-order valence-corrected chi connectivity index (χ1v) is 13.2. The van der Waals surface area contributed by atoms with Crippen LogP contribution in [-0.2, 0) is 15.5 Å². The summed E-state index contributed by atoms with van der Waals surface area (Å²) < 4.78 is 55.6. The summed E-state index contributed by atoms with van der Waals surface area (Å²) in [5.74, 6) is -0.108. The minimum Gasteiger partial charge on any atom is -0.372 e. The number of hydrogen-bond acceptors (Lipinski definition) is 4. The van der Waals surface area contributed by atoms with Crippen molar-refractivity contribution >= 4 is 16.7 Å². The van der Waals surface area contributed by atoms with Gasteiger partial charge in [0.1, 0.15) is 0 Å². The molecule has 0 aromatic heterocycles. The van der Waals surface area contributed by atoms with Crippen LogP contribution in [0.2, 0.25) is 0 Å². The number of morpholine rings is 1. The molecular weight excluding hydrogens is 477 g/mol. The van der Waals surface area contributed by atoms with Gasteiger partial charge in [0.2, 0.25) is 0 Å². The maximum atomic E-state index is 12.9. The zero-order chi connectivity index (χ0) is 25.6. The van der Waals surface area contributed by atoms with Crippen LogP contribution in [-0.4, -0.2) is 77.3 Å². The highest BCUT2D eigenvalue weighted by atomic mass is 32.2. The van der Waals surface area contributed by atoms with E-state index in [9.17, 15) is 22.2 Å². The van der Waals surface area contributed by atoms with Crippen molar-refractivity contribution in [1.82, 2.24) is 9.80 Å². The van der Waals surface area contributed by atoms with Gasteiger partial charge in [-0.05, 0) is 50.5 Å². The summed E-state index contributed by atoms with van der Waals surface area (Å²) in [6, 6.07) is 15.4. The van der Waals surface area contributed by atoms with Crippen molar-refractivity contribution < 1.29 is 26.9 Å². The number of ether oxygens (including phenoxy) is 1. The van der Waals surface area contributed by atoms with E-state index in [0.717, 1.165) is 5.56 Å². The molecule has 4 rings (SSSR count). The van der Waals surface area contributed by atoms with Gasteiger partial charge in [0.05, 0.1) is 18.8 Å². The average molecular weight is 511 g/mol. The maximum Gasteiger partial charge on any atom is 0.401 e. The van der Waals surface area contributed by atoms with Gasteiger partial charge < -0.3 is 9.64 Å². The fourth-order valence-corrected chi connectivity index (χ4v) is 5.09. The monoisotopic (exact) mass is 510 g/mol. The highest BCUT2D eigenvalue weighted by Crippen LogP contribution is 2.32. The van der Waals surface area contributed by atoms with Crippen LogP contribution in [0.4, 0.5) is 13.2 Å². The van der Waals surface area contributed by atoms with Crippen molar-refractivity contribution in [2.45, 2.75) is 43.4 Å². The van der Waals surface area contributed by atoms with Crippen molar-refractivity contribution in [3.8, 4) is 0 Å². The molecule has 2 aromatic carbocycles. The summed E-state index contributed by atoms with van der Waals surface area (Å²) in [5.41, 5.74) is 2.04. The van der Waals surface area contributed by atoms with Crippen LogP contribution < -0.4 is 0 Å². The average Bonchev–Trinajstić information content (AvgIpc) is 2.79. The van der Waals surface area contributed by atoms with E-state index in [4.69, 9.17) is 4.74 Å². The molecular formula is C26H33F3N2O3S. The molecule has 0 N–H and O–H groups in total. The molecule has 1 unspecified atom stereocenters. The van der Waals surface area contributed by atoms with E-state index < -0.39 is 29.1 Å². The number of carbonyl (C=O) groups is 1. The van der Waals surface area contributed by atoms with Gasteiger partial charge in [0.15, 0.2) is 0 Å². The van der Waals surface area contributed by atoms with Crippen molar-refractivity contribution in [3.05, 3.63) is 65.2 Å². The van der Waals surface area contributed by atoms with Gasteiger partial charge in [0, 0.05) is 53.7 Å². The number of aryl methyl sites for hydroxylation is 2. The van der Waals surface area contributed by atoms with E-state index in [1.54, 1.807) is 29.4 Å². The summed E-state index contributed by atoms with van der Waals surface area (Å²) >= 11 is 0. The minimum atomic E-state index is -4.22. The normalized spacial score (nSPS) is 19.1. The number of nitrogens with zero attached hydrogens (tertiary/aromatic N) is 2. The van der Waals surface area contributed by atoms with Crippen molar-refractivity contribution in [3.63, 3.8) is 0 Å². The number of amides is 1. The number of hydrogen-bond donors (Lipinski definition) is 0. The number of halogens is 3. The van der Waals surface area contributed by atoms with E-state index in [0.29, 0.717) is 36.4 Å². The highest BCUT2D eigenvalue weighted by molar-refractivity contribution is 7.84. The molecule has 2 heterocycles. The summed E-state index contributed by atoms with van der Waals surface area (Å²) in [6.45, 7) is 4.65. The molecule has 35 heavy (non-hydrogen) atoms. The third-order valence-electron chi connectivity index (χ3n) is 6.39. The lowest BCUT2D eigenvalue weighted by molar-refractivity contribution is -0.182. The molecule has 0 saturated carbocycles. The topological polar surface area (TPSA) is 49.9 Å². The number of likely N-dealkylation sites (tertiary alicyclic amines) is 1. The zero-order valence-electron chi connectivity index (χ0n) is 20.4. The van der Waals surface area contributed by atoms with Crippen LogP contribution in [0.15, 0.2) is 53.4 Å². The molecule has 2 saturated heterocycles. The number of benzene rings is 2. The first-order chi connectivity index (χ1) is 16.5. The van der Waals surface area contributed by atoms with Crippen LogP contribution >= 0.6 is 0 Å². The molecule has 1 amide bonds. The second-order valence-electron chi connectivity index (χ2n) is 9.24. The number of carbonyl (C=O) groups excluding carboxylic acids is 1. The van der Waals surface area contributed by atoms with E-state index >= 15 is 0 Å². The maximum absolute atomic E-state index is 12.9. The van der Waals surface area contributed by atoms with E-state index in [2.05, 4.69) is 19.1 Å². The van der Waals surface area contributed by atoms with Crippen LogP contribution in [0.25, 0.3) is 0 Å². The standard InChI is InChI=1S/C19H25F3N2O3S.C7H8/c1-14-11-15(28(2)26)3-4-16(14)17(25)24-7-5-18(6-8-24)12-23(9-10-27-18)13-19(20,21)22;1-7-5-3-2-4-6-7/h3-4,11H,5-10,12-13H2,1-2H3;2-6H,1H3. The third kappa shape index (κ3) is 7.88. The molecule has 0 bridgehead atoms. The summed E-state index contributed by atoms with van der Waals surface area (Å²) in [6.07, 6.45) is -1.60. The van der Waals surface area contributed by atoms with Gasteiger partial charge >= 0.3 is 6.18 Å². The Labute approximate surface area is 207 Å². The van der Waals surface area contributed by atoms with E-state index in [-0.39, 0.29) is 25.6 Å². The van der Waals surface area contributed by atoms with Crippen molar-refractivity contribution in [2.24, 2.45) is 0 Å². The van der Waals surface area contributed by atoms with Gasteiger partial charge in [-0.15, -0.1) is 0 Å². The second-order valence-corrected chi connectivity index (χ2v) is 10.6. The quantitative estimate of drug-likeness (QED) is 0.606. The van der Waals surface area contributed by atoms with Crippen LogP contribution in [0.3, 0.4) is 0 Å². The number of alkyl halides is 3. The zero-order valence-corrected chi connectivity index (χ0v) is 21.3. The largest absolute Gasteiger partial charge is 0.401 e. The predicted octanol–water partition coefficient (Wildman–Crippen LogP) is 4.60. The Bertz CT molecular complexity index is 1020. The molecule has 9 heteroatoms. The molecule has 0 aliphatic carbocycles. The molecule has 2 fully saturated rings. The third-order valence-corrected chi connectivity index (χ3v) is 7.31. The molecule has 2 aliphatic heterocycles. The first kappa shape index (κ1) is 27.4. The Balaban J connectivity index is 0.000000420. The Morgan fingerprint density at radius 3 is 2.23 bits per heavy atom. The highest BCUT2D eigenvalue weighted by Gasteiger charge is 2.43. The van der Waals surface area contributed by atoms with Crippen molar-refractivity contribution in [2.75, 3.05) is 45.6 Å². The van der Waals surface area contributed by atoms with E-state index in [1.807, 2.05) is 25.1 Å². The van der Waals surface area contributed by atoms with Gasteiger partial charge in [0.25, 0.3) is 5.91 Å². The predicted molar refractivity (Wildman–Crippen MR) is 131 cm³/mol. The molecule has 0 radical (unpaired) electrons. The van der Waals surface area contributed by atoms with Crippen LogP contribution in [0.1, 0.15) is 34.3 Å². The van der Waals surface area contributed by atoms with Crippen LogP contribution in [0, 0.1) is 13.8 Å². The van der Waals surface area contributed by atoms with Gasteiger partial charge in [-0.2, -0.15) is 13.2 Å². The van der Waals surface area contributed by atoms with E-state index in [1.165, 1.54) is 10.5 Å². The molecule has 1 spiro atoms. The fraction of sp³-hybridized carbons (Fsp3) is 0.500. The smallest absolute Gasteiger partial charge is 0.372 e. The molecule has 192 valence electrons. The SMILES string of the molecule is Cc1cc(S(C)=O)ccc1C(=O)N1CCC2(CC1)CN(CC(F)(F)F)CCO2.Cc1ccccc1. The second kappa shape index (κ2) is 11.7. The Morgan fingerprint density at radius 1 is 1.06 bits per heavy atom. The Kier molecular flexibility index (Phi) is 9.12. The fourth-order valence-electron chi connectivity index (χ4n) is 4.49.